The van der Waals surface area contributed by atoms with Crippen LogP contribution in [0.2, 0.25) is 5.02 Å². The molecule has 4 rings (SSSR count). The van der Waals surface area contributed by atoms with Gasteiger partial charge in [-0.3, -0.25) is 14.5 Å². The second kappa shape index (κ2) is 11.2. The molecule has 0 unspecified atom stereocenters. The smallest absolute Gasteiger partial charge is 0.295 e. The van der Waals surface area contributed by atoms with Crippen LogP contribution in [0.5, 0.6) is 17.2 Å². The first-order valence-electron chi connectivity index (χ1n) is 11.5. The summed E-state index contributed by atoms with van der Waals surface area (Å²) < 4.78 is 21.7. The highest BCUT2D eigenvalue weighted by molar-refractivity contribution is 6.46. The van der Waals surface area contributed by atoms with E-state index in [2.05, 4.69) is 4.90 Å². The topological polar surface area (TPSA) is 97.8 Å². The predicted molar refractivity (Wildman–Crippen MR) is 134 cm³/mol. The number of carbonyl (C=O) groups is 2. The van der Waals surface area contributed by atoms with Crippen LogP contribution in [-0.4, -0.2) is 87.3 Å². The summed E-state index contributed by atoms with van der Waals surface area (Å²) in [5.74, 6) is -0.564. The number of methoxy groups -OCH3 is 3. The van der Waals surface area contributed by atoms with Crippen LogP contribution in [0.25, 0.3) is 5.76 Å². The first kappa shape index (κ1) is 25.8. The Kier molecular flexibility index (Phi) is 8.03. The van der Waals surface area contributed by atoms with Crippen LogP contribution in [0.15, 0.2) is 42.0 Å². The quantitative estimate of drug-likeness (QED) is 0.325. The first-order valence-corrected chi connectivity index (χ1v) is 11.9. The van der Waals surface area contributed by atoms with Crippen molar-refractivity contribution in [3.05, 3.63) is 58.1 Å². The molecule has 0 aliphatic carbocycles. The van der Waals surface area contributed by atoms with Crippen LogP contribution in [0.1, 0.15) is 17.2 Å². The Labute approximate surface area is 214 Å². The van der Waals surface area contributed by atoms with Gasteiger partial charge >= 0.3 is 0 Å². The summed E-state index contributed by atoms with van der Waals surface area (Å²) in [4.78, 5) is 30.3. The van der Waals surface area contributed by atoms with Crippen LogP contribution in [-0.2, 0) is 14.3 Å². The van der Waals surface area contributed by atoms with E-state index in [4.69, 9.17) is 30.5 Å². The van der Waals surface area contributed by atoms with E-state index in [0.29, 0.717) is 48.1 Å². The van der Waals surface area contributed by atoms with Gasteiger partial charge in [0.05, 0.1) is 51.2 Å². The number of amides is 1. The number of ether oxygens (including phenoxy) is 4. The third kappa shape index (κ3) is 4.86. The minimum absolute atomic E-state index is 0.0465. The molecule has 2 heterocycles. The summed E-state index contributed by atoms with van der Waals surface area (Å²) in [6.07, 6.45) is 0. The number of nitrogens with zero attached hydrogens (tertiary/aromatic N) is 2. The number of ketones is 1. The van der Waals surface area contributed by atoms with Crippen LogP contribution in [0.4, 0.5) is 0 Å². The maximum atomic E-state index is 13.4. The van der Waals surface area contributed by atoms with Gasteiger partial charge in [-0.2, -0.15) is 0 Å². The third-order valence-corrected chi connectivity index (χ3v) is 6.75. The van der Waals surface area contributed by atoms with Crippen molar-refractivity contribution in [1.29, 1.82) is 0 Å². The van der Waals surface area contributed by atoms with Gasteiger partial charge in [0.1, 0.15) is 11.5 Å². The molecule has 192 valence electrons. The number of hydrogen-bond acceptors (Lipinski definition) is 8. The molecular weight excluding hydrogens is 488 g/mol. The Morgan fingerprint density at radius 1 is 1.03 bits per heavy atom. The zero-order chi connectivity index (χ0) is 25.8. The zero-order valence-electron chi connectivity index (χ0n) is 20.5. The van der Waals surface area contributed by atoms with Gasteiger partial charge < -0.3 is 29.0 Å². The summed E-state index contributed by atoms with van der Waals surface area (Å²) in [5.41, 5.74) is 0.771. The van der Waals surface area contributed by atoms with Gasteiger partial charge in [0.25, 0.3) is 11.7 Å². The highest BCUT2D eigenvalue weighted by Crippen LogP contribution is 2.45. The van der Waals surface area contributed by atoms with Crippen LogP contribution < -0.4 is 14.2 Å². The molecule has 1 N–H and O–H groups in total. The fourth-order valence-electron chi connectivity index (χ4n) is 4.60. The molecular formula is C26H29ClN2O7. The number of carbonyl (C=O) groups excluding carboxylic acids is 2. The number of morpholine rings is 1. The molecule has 2 aromatic carbocycles. The number of aliphatic hydroxyl groups is 1. The van der Waals surface area contributed by atoms with Gasteiger partial charge in [0.2, 0.25) is 0 Å². The average molecular weight is 517 g/mol. The molecule has 0 saturated carbocycles. The van der Waals surface area contributed by atoms with Crippen molar-refractivity contribution < 1.29 is 33.6 Å². The second-order valence-corrected chi connectivity index (χ2v) is 8.79. The summed E-state index contributed by atoms with van der Waals surface area (Å²) in [5, 5.41) is 11.6. The van der Waals surface area contributed by atoms with E-state index in [1.54, 1.807) is 30.3 Å². The zero-order valence-corrected chi connectivity index (χ0v) is 21.2. The maximum Gasteiger partial charge on any atom is 0.295 e. The molecule has 2 aliphatic heterocycles. The number of hydrogen-bond donors (Lipinski definition) is 1. The van der Waals surface area contributed by atoms with E-state index in [1.165, 1.54) is 32.3 Å². The number of likely N-dealkylation sites (tertiary alicyclic amines) is 1. The van der Waals surface area contributed by atoms with Crippen molar-refractivity contribution in [2.24, 2.45) is 0 Å². The van der Waals surface area contributed by atoms with Crippen LogP contribution in [0, 0.1) is 0 Å². The molecule has 10 heteroatoms. The normalized spacial score (nSPS) is 20.0. The fraction of sp³-hybridized carbons (Fsp3) is 0.385. The Hall–Kier alpha value is -3.27. The summed E-state index contributed by atoms with van der Waals surface area (Å²) >= 11 is 6.28. The number of aliphatic hydroxyl groups excluding tert-OH is 1. The van der Waals surface area contributed by atoms with E-state index in [-0.39, 0.29) is 22.9 Å². The lowest BCUT2D eigenvalue weighted by molar-refractivity contribution is -0.140. The third-order valence-electron chi connectivity index (χ3n) is 6.45. The molecule has 0 spiro atoms. The van der Waals surface area contributed by atoms with Crippen LogP contribution >= 0.6 is 11.6 Å². The second-order valence-electron chi connectivity index (χ2n) is 8.38. The molecule has 2 aliphatic rings. The van der Waals surface area contributed by atoms with Crippen molar-refractivity contribution >= 4 is 29.1 Å². The summed E-state index contributed by atoms with van der Waals surface area (Å²) in [6, 6.07) is 9.02. The van der Waals surface area contributed by atoms with Crippen molar-refractivity contribution in [1.82, 2.24) is 9.80 Å². The van der Waals surface area contributed by atoms with E-state index in [9.17, 15) is 14.7 Å². The van der Waals surface area contributed by atoms with Gasteiger partial charge in [-0.25, -0.2) is 0 Å². The SMILES string of the molecule is COc1ccc(C(O)=C2C(=O)C(=O)N(CCN3CCOCC3)[C@H]2c2cccc(OC)c2OC)cc1Cl. The lowest BCUT2D eigenvalue weighted by atomic mass is 9.94. The Bertz CT molecular complexity index is 1180. The van der Waals surface area contributed by atoms with Crippen LogP contribution in [0.3, 0.4) is 0 Å². The number of para-hydroxylation sites is 1. The summed E-state index contributed by atoms with van der Waals surface area (Å²) in [6.45, 7) is 3.53. The number of halogens is 1. The van der Waals surface area contributed by atoms with Crippen molar-refractivity contribution in [3.8, 4) is 17.2 Å². The summed E-state index contributed by atoms with van der Waals surface area (Å²) in [7, 11) is 4.48. The molecule has 0 bridgehead atoms. The van der Waals surface area contributed by atoms with E-state index < -0.39 is 17.7 Å². The fourth-order valence-corrected chi connectivity index (χ4v) is 4.86. The lowest BCUT2D eigenvalue weighted by Gasteiger charge is -2.31. The number of Topliss-reactive ketones (excluding diaryl/α,β-unsaturated/α-hetero) is 1. The van der Waals surface area contributed by atoms with Gasteiger partial charge in [-0.1, -0.05) is 23.7 Å². The standard InChI is InChI=1S/C26H29ClN2O7/c1-33-19-8-7-16(15-18(19)27)23(30)21-22(17-5-4-6-20(34-2)25(17)35-3)29(26(32)24(21)31)10-9-28-11-13-36-14-12-28/h4-8,15,22,30H,9-14H2,1-3H3/t22-/m0/s1. The maximum absolute atomic E-state index is 13.4. The Balaban J connectivity index is 1.83. The molecule has 2 saturated heterocycles. The van der Waals surface area contributed by atoms with Crippen molar-refractivity contribution in [3.63, 3.8) is 0 Å². The van der Waals surface area contributed by atoms with Gasteiger partial charge in [-0.05, 0) is 24.3 Å². The molecule has 1 atom stereocenters. The van der Waals surface area contributed by atoms with E-state index >= 15 is 0 Å². The average Bonchev–Trinajstić information content (AvgIpc) is 3.16. The number of benzene rings is 2. The molecule has 9 nitrogen and oxygen atoms in total. The minimum Gasteiger partial charge on any atom is -0.507 e. The van der Waals surface area contributed by atoms with E-state index in [1.807, 2.05) is 0 Å². The number of rotatable bonds is 8. The Morgan fingerprint density at radius 3 is 2.39 bits per heavy atom. The molecule has 0 aromatic heterocycles. The molecule has 0 radical (unpaired) electrons. The Morgan fingerprint density at radius 2 is 1.75 bits per heavy atom. The highest BCUT2D eigenvalue weighted by Gasteiger charge is 2.47. The molecule has 1 amide bonds. The first-order chi connectivity index (χ1) is 17.4. The van der Waals surface area contributed by atoms with E-state index in [0.717, 1.165) is 13.1 Å². The largest absolute Gasteiger partial charge is 0.507 e. The van der Waals surface area contributed by atoms with Crippen molar-refractivity contribution in [2.45, 2.75) is 6.04 Å². The van der Waals surface area contributed by atoms with Crippen molar-refractivity contribution in [2.75, 3.05) is 60.7 Å². The highest BCUT2D eigenvalue weighted by atomic mass is 35.5. The van der Waals surface area contributed by atoms with Gasteiger partial charge in [0.15, 0.2) is 11.5 Å². The van der Waals surface area contributed by atoms with Gasteiger partial charge in [0, 0.05) is 37.3 Å². The molecule has 2 fully saturated rings. The predicted octanol–water partition coefficient (Wildman–Crippen LogP) is 3.12. The monoisotopic (exact) mass is 516 g/mol. The molecule has 36 heavy (non-hydrogen) atoms. The molecule has 2 aromatic rings. The lowest BCUT2D eigenvalue weighted by Crippen LogP contribution is -2.42. The minimum atomic E-state index is -0.892. The van der Waals surface area contributed by atoms with Gasteiger partial charge in [-0.15, -0.1) is 0 Å².